The zero-order chi connectivity index (χ0) is 13.6. The van der Waals surface area contributed by atoms with Crippen molar-refractivity contribution >= 4 is 5.97 Å². The van der Waals surface area contributed by atoms with Gasteiger partial charge >= 0.3 is 5.97 Å². The highest BCUT2D eigenvalue weighted by molar-refractivity contribution is 5.71. The summed E-state index contributed by atoms with van der Waals surface area (Å²) in [6.07, 6.45) is 0. The lowest BCUT2D eigenvalue weighted by atomic mass is 10.2. The molecular formula is C12H27N3O2. The molecule has 0 saturated heterocycles. The molecule has 0 heterocycles. The minimum absolute atomic E-state index is 0.210. The fourth-order valence-electron chi connectivity index (χ4n) is 1.53. The Kier molecular flexibility index (Phi) is 6.67. The van der Waals surface area contributed by atoms with Crippen LogP contribution in [0.3, 0.4) is 0 Å². The molecule has 17 heavy (non-hydrogen) atoms. The molecule has 0 spiro atoms. The largest absolute Gasteiger partial charge is 0.459 e. The molecule has 0 amide bonds. The summed E-state index contributed by atoms with van der Waals surface area (Å²) in [5.41, 5.74) is -0.432. The molecule has 0 N–H and O–H groups in total. The summed E-state index contributed by atoms with van der Waals surface area (Å²) in [4.78, 5) is 11.8. The van der Waals surface area contributed by atoms with Crippen LogP contribution in [-0.2, 0) is 9.53 Å². The Labute approximate surface area is 105 Å². The van der Waals surface area contributed by atoms with Gasteiger partial charge in [0, 0.05) is 27.2 Å². The molecule has 0 fully saturated rings. The first-order valence-electron chi connectivity index (χ1n) is 6.12. The number of rotatable bonds is 6. The molecule has 5 heteroatoms. The van der Waals surface area contributed by atoms with Crippen molar-refractivity contribution in [1.29, 1.82) is 0 Å². The van der Waals surface area contributed by atoms with Gasteiger partial charge in [0.05, 0.1) is 0 Å². The quantitative estimate of drug-likeness (QED) is 0.522. The van der Waals surface area contributed by atoms with Crippen LogP contribution in [0.15, 0.2) is 0 Å². The first kappa shape index (κ1) is 16.4. The SMILES string of the molecule is CCN(CC)N(CC(=O)OC(C)(C)C)N(C)C. The van der Waals surface area contributed by atoms with Crippen LogP contribution >= 0.6 is 0 Å². The van der Waals surface area contributed by atoms with Gasteiger partial charge in [0.15, 0.2) is 0 Å². The van der Waals surface area contributed by atoms with Gasteiger partial charge in [0.2, 0.25) is 0 Å². The van der Waals surface area contributed by atoms with Gasteiger partial charge in [0.25, 0.3) is 0 Å². The molecule has 0 rings (SSSR count). The van der Waals surface area contributed by atoms with Gasteiger partial charge in [-0.05, 0) is 20.8 Å². The van der Waals surface area contributed by atoms with Crippen LogP contribution in [0.2, 0.25) is 0 Å². The van der Waals surface area contributed by atoms with E-state index in [1.54, 1.807) is 0 Å². The molecule has 0 aliphatic rings. The molecule has 102 valence electrons. The molecule has 0 aromatic rings. The highest BCUT2D eigenvalue weighted by Gasteiger charge is 2.22. The van der Waals surface area contributed by atoms with E-state index in [-0.39, 0.29) is 12.5 Å². The number of hydrogen-bond donors (Lipinski definition) is 0. The van der Waals surface area contributed by atoms with E-state index in [2.05, 4.69) is 18.9 Å². The number of carbonyl (C=O) groups excluding carboxylic acids is 1. The lowest BCUT2D eigenvalue weighted by molar-refractivity contribution is -0.187. The number of hydrogen-bond acceptors (Lipinski definition) is 5. The first-order chi connectivity index (χ1) is 7.71. The van der Waals surface area contributed by atoms with Gasteiger partial charge in [-0.3, -0.25) is 4.79 Å². The minimum Gasteiger partial charge on any atom is -0.459 e. The van der Waals surface area contributed by atoms with E-state index in [0.717, 1.165) is 13.1 Å². The summed E-state index contributed by atoms with van der Waals surface area (Å²) < 4.78 is 5.32. The molecule has 0 aromatic heterocycles. The van der Waals surface area contributed by atoms with Crippen molar-refractivity contribution in [3.05, 3.63) is 0 Å². The second-order valence-corrected chi connectivity index (χ2v) is 5.10. The Bertz CT molecular complexity index is 232. The van der Waals surface area contributed by atoms with Crippen molar-refractivity contribution in [2.45, 2.75) is 40.2 Å². The second-order valence-electron chi connectivity index (χ2n) is 5.10. The van der Waals surface area contributed by atoms with E-state index in [9.17, 15) is 4.79 Å². The third-order valence-electron chi connectivity index (χ3n) is 2.21. The van der Waals surface area contributed by atoms with E-state index in [1.165, 1.54) is 0 Å². The van der Waals surface area contributed by atoms with Crippen LogP contribution in [-0.4, -0.2) is 60.4 Å². The average Bonchev–Trinajstić information content (AvgIpc) is 2.14. The summed E-state index contributed by atoms with van der Waals surface area (Å²) in [6.45, 7) is 11.7. The van der Waals surface area contributed by atoms with Gasteiger partial charge < -0.3 is 4.74 Å². The lowest BCUT2D eigenvalue weighted by Crippen LogP contribution is -2.52. The second kappa shape index (κ2) is 6.93. The number of nitrogens with zero attached hydrogens (tertiary/aromatic N) is 3. The zero-order valence-corrected chi connectivity index (χ0v) is 12.3. The third kappa shape index (κ3) is 6.61. The van der Waals surface area contributed by atoms with Gasteiger partial charge in [-0.1, -0.05) is 13.8 Å². The predicted molar refractivity (Wildman–Crippen MR) is 69.2 cm³/mol. The molecule has 0 saturated carbocycles. The van der Waals surface area contributed by atoms with Crippen LogP contribution in [0, 0.1) is 0 Å². The normalized spacial score (nSPS) is 12.6. The molecule has 0 aromatic carbocycles. The summed E-state index contributed by atoms with van der Waals surface area (Å²) in [5.74, 6) is -0.210. The highest BCUT2D eigenvalue weighted by atomic mass is 16.6. The first-order valence-corrected chi connectivity index (χ1v) is 6.12. The summed E-state index contributed by atoms with van der Waals surface area (Å²) >= 11 is 0. The number of hydrazine groups is 2. The Morgan fingerprint density at radius 3 is 1.88 bits per heavy atom. The van der Waals surface area contributed by atoms with Crippen LogP contribution < -0.4 is 0 Å². The van der Waals surface area contributed by atoms with Crippen molar-refractivity contribution in [2.75, 3.05) is 33.7 Å². The molecule has 5 nitrogen and oxygen atoms in total. The monoisotopic (exact) mass is 245 g/mol. The molecule has 0 bridgehead atoms. The summed E-state index contributed by atoms with van der Waals surface area (Å²) in [7, 11) is 3.84. The van der Waals surface area contributed by atoms with Crippen LogP contribution in [0.4, 0.5) is 0 Å². The van der Waals surface area contributed by atoms with Crippen LogP contribution in [0.1, 0.15) is 34.6 Å². The number of carbonyl (C=O) groups is 1. The van der Waals surface area contributed by atoms with Crippen molar-refractivity contribution in [1.82, 2.24) is 15.1 Å². The molecule has 0 unspecified atom stereocenters. The Hall–Kier alpha value is -0.650. The van der Waals surface area contributed by atoms with Gasteiger partial charge in [0.1, 0.15) is 12.1 Å². The minimum atomic E-state index is -0.432. The lowest BCUT2D eigenvalue weighted by Gasteiger charge is -2.37. The molecule has 0 aliphatic heterocycles. The van der Waals surface area contributed by atoms with E-state index in [0.29, 0.717) is 0 Å². The van der Waals surface area contributed by atoms with Gasteiger partial charge in [-0.2, -0.15) is 5.12 Å². The fourth-order valence-corrected chi connectivity index (χ4v) is 1.53. The van der Waals surface area contributed by atoms with E-state index >= 15 is 0 Å². The van der Waals surface area contributed by atoms with Gasteiger partial charge in [-0.25, -0.2) is 10.0 Å². The van der Waals surface area contributed by atoms with Crippen molar-refractivity contribution in [2.24, 2.45) is 0 Å². The highest BCUT2D eigenvalue weighted by Crippen LogP contribution is 2.08. The topological polar surface area (TPSA) is 36.0 Å². The van der Waals surface area contributed by atoms with E-state index in [1.807, 2.05) is 45.0 Å². The maximum Gasteiger partial charge on any atom is 0.323 e. The molecule has 0 aliphatic carbocycles. The van der Waals surface area contributed by atoms with Crippen LogP contribution in [0.25, 0.3) is 0 Å². The van der Waals surface area contributed by atoms with E-state index < -0.39 is 5.60 Å². The van der Waals surface area contributed by atoms with Crippen LogP contribution in [0.5, 0.6) is 0 Å². The Morgan fingerprint density at radius 1 is 1.12 bits per heavy atom. The van der Waals surface area contributed by atoms with Crippen molar-refractivity contribution in [3.63, 3.8) is 0 Å². The maximum absolute atomic E-state index is 11.8. The van der Waals surface area contributed by atoms with Gasteiger partial charge in [-0.15, -0.1) is 0 Å². The summed E-state index contributed by atoms with van der Waals surface area (Å²) in [5, 5.41) is 5.88. The third-order valence-corrected chi connectivity index (χ3v) is 2.21. The average molecular weight is 245 g/mol. The molecule has 0 atom stereocenters. The standard InChI is InChI=1S/C12H27N3O2/c1-8-14(9-2)15(13(6)7)10-11(16)17-12(3,4)5/h8-10H2,1-7H3. The fraction of sp³-hybridized carbons (Fsp3) is 0.917. The zero-order valence-electron chi connectivity index (χ0n) is 12.3. The smallest absolute Gasteiger partial charge is 0.323 e. The predicted octanol–water partition coefficient (Wildman–Crippen LogP) is 1.36. The Balaban J connectivity index is 4.50. The van der Waals surface area contributed by atoms with E-state index in [4.69, 9.17) is 4.74 Å². The number of esters is 1. The molecule has 0 radical (unpaired) electrons. The van der Waals surface area contributed by atoms with Crippen molar-refractivity contribution < 1.29 is 9.53 Å². The summed E-state index contributed by atoms with van der Waals surface area (Å²) in [6, 6.07) is 0. The number of ether oxygens (including phenoxy) is 1. The maximum atomic E-state index is 11.8. The molecular weight excluding hydrogens is 218 g/mol. The van der Waals surface area contributed by atoms with Crippen molar-refractivity contribution in [3.8, 4) is 0 Å². The Morgan fingerprint density at radius 2 is 1.59 bits per heavy atom.